The maximum atomic E-state index is 13.4. The number of ketones is 1. The van der Waals surface area contributed by atoms with Gasteiger partial charge in [0.15, 0.2) is 17.3 Å². The summed E-state index contributed by atoms with van der Waals surface area (Å²) in [6.07, 6.45) is 7.99. The molecule has 2 aromatic rings. The van der Waals surface area contributed by atoms with Crippen LogP contribution in [0.5, 0.6) is 28.7 Å². The molecule has 0 unspecified atom stereocenters. The number of carbonyl (C=O) groups excluding carboxylic acids is 1. The third-order valence-electron chi connectivity index (χ3n) is 7.08. The monoisotopic (exact) mass is 465 g/mol. The van der Waals surface area contributed by atoms with Crippen molar-refractivity contribution < 1.29 is 28.5 Å². The Morgan fingerprint density at radius 2 is 1.76 bits per heavy atom. The molecule has 0 atom stereocenters. The average Bonchev–Trinajstić information content (AvgIpc) is 3.19. The van der Waals surface area contributed by atoms with Crippen LogP contribution in [0, 0.1) is 6.92 Å². The zero-order chi connectivity index (χ0) is 23.8. The summed E-state index contributed by atoms with van der Waals surface area (Å²) < 4.78 is 28.7. The minimum absolute atomic E-state index is 0.146. The Morgan fingerprint density at radius 3 is 2.47 bits per heavy atom. The molecule has 1 saturated carbocycles. The number of methoxy groups -OCH3 is 3. The van der Waals surface area contributed by atoms with Gasteiger partial charge in [0, 0.05) is 29.3 Å². The van der Waals surface area contributed by atoms with Crippen LogP contribution in [-0.2, 0) is 6.54 Å². The van der Waals surface area contributed by atoms with Gasteiger partial charge in [0.1, 0.15) is 18.2 Å². The third-order valence-corrected chi connectivity index (χ3v) is 7.08. The van der Waals surface area contributed by atoms with E-state index in [0.29, 0.717) is 46.9 Å². The van der Waals surface area contributed by atoms with E-state index in [2.05, 4.69) is 4.90 Å². The zero-order valence-corrected chi connectivity index (χ0v) is 20.2. The van der Waals surface area contributed by atoms with Crippen LogP contribution in [0.4, 0.5) is 0 Å². The number of allylic oxidation sites excluding steroid dienone is 1. The number of carbonyl (C=O) groups is 1. The fourth-order valence-corrected chi connectivity index (χ4v) is 5.33. The number of nitrogens with zero attached hydrogens (tertiary/aromatic N) is 1. The van der Waals surface area contributed by atoms with Crippen LogP contribution in [-0.4, -0.2) is 44.8 Å². The molecule has 0 radical (unpaired) electrons. The highest BCUT2D eigenvalue weighted by atomic mass is 16.5. The first-order valence-electron chi connectivity index (χ1n) is 11.8. The quantitative estimate of drug-likeness (QED) is 0.568. The highest BCUT2D eigenvalue weighted by Gasteiger charge is 2.35. The predicted octanol–water partition coefficient (Wildman–Crippen LogP) is 5.12. The van der Waals surface area contributed by atoms with E-state index in [1.54, 1.807) is 33.5 Å². The van der Waals surface area contributed by atoms with Crippen molar-refractivity contribution in [3.63, 3.8) is 0 Å². The van der Waals surface area contributed by atoms with Crippen molar-refractivity contribution in [3.05, 3.63) is 46.2 Å². The van der Waals surface area contributed by atoms with E-state index in [-0.39, 0.29) is 11.5 Å². The Labute approximate surface area is 200 Å². The Bertz CT molecular complexity index is 1150. The number of hydrogen-bond acceptors (Lipinski definition) is 7. The number of rotatable bonds is 5. The lowest BCUT2D eigenvalue weighted by Gasteiger charge is -2.37. The summed E-state index contributed by atoms with van der Waals surface area (Å²) in [5, 5.41) is 0. The number of fused-ring (bicyclic) bond motifs is 2. The standard InChI is InChI=1S/C27H31NO6/c1-16-24-18(14-28(15-33-24)19-8-6-5-7-9-19)12-20-23(29)22(34-25(16)20)13-17-10-11-21(30-2)27(32-4)26(17)31-3/h10-13,19H,5-9,14-15H2,1-4H3/b22-13-. The maximum Gasteiger partial charge on any atom is 0.231 e. The molecular weight excluding hydrogens is 434 g/mol. The molecule has 5 rings (SSSR count). The van der Waals surface area contributed by atoms with Crippen molar-refractivity contribution in [2.75, 3.05) is 28.1 Å². The number of hydrogen-bond donors (Lipinski definition) is 0. The summed E-state index contributed by atoms with van der Waals surface area (Å²) in [6.45, 7) is 3.34. The minimum atomic E-state index is -0.146. The van der Waals surface area contributed by atoms with Crippen LogP contribution in [0.1, 0.15) is 59.2 Å². The van der Waals surface area contributed by atoms with Crippen molar-refractivity contribution >= 4 is 11.9 Å². The Kier molecular flexibility index (Phi) is 6.13. The van der Waals surface area contributed by atoms with Crippen molar-refractivity contribution in [2.45, 2.75) is 51.6 Å². The molecule has 7 heteroatoms. The highest BCUT2D eigenvalue weighted by Crippen LogP contribution is 2.45. The van der Waals surface area contributed by atoms with Crippen molar-refractivity contribution in [2.24, 2.45) is 0 Å². The third kappa shape index (κ3) is 3.78. The predicted molar refractivity (Wildman–Crippen MR) is 128 cm³/mol. The fraction of sp³-hybridized carbons (Fsp3) is 0.444. The van der Waals surface area contributed by atoms with Crippen molar-refractivity contribution in [1.29, 1.82) is 0 Å². The average molecular weight is 466 g/mol. The molecule has 0 spiro atoms. The summed E-state index contributed by atoms with van der Waals surface area (Å²) in [6, 6.07) is 6.09. The second kappa shape index (κ2) is 9.22. The van der Waals surface area contributed by atoms with E-state index in [1.807, 2.05) is 19.1 Å². The smallest absolute Gasteiger partial charge is 0.231 e. The molecule has 0 aromatic heterocycles. The zero-order valence-electron chi connectivity index (χ0n) is 20.2. The lowest BCUT2D eigenvalue weighted by molar-refractivity contribution is 0.0397. The molecule has 0 amide bonds. The second-order valence-corrected chi connectivity index (χ2v) is 9.04. The van der Waals surface area contributed by atoms with E-state index in [0.717, 1.165) is 23.4 Å². The van der Waals surface area contributed by atoms with Crippen molar-refractivity contribution in [1.82, 2.24) is 4.90 Å². The van der Waals surface area contributed by atoms with Gasteiger partial charge >= 0.3 is 0 Å². The van der Waals surface area contributed by atoms with E-state index < -0.39 is 0 Å². The molecule has 2 aromatic carbocycles. The first-order chi connectivity index (χ1) is 16.5. The molecule has 0 N–H and O–H groups in total. The van der Waals surface area contributed by atoms with Gasteiger partial charge in [-0.3, -0.25) is 9.69 Å². The van der Waals surface area contributed by atoms with Crippen LogP contribution in [0.2, 0.25) is 0 Å². The molecule has 3 aliphatic rings. The van der Waals surface area contributed by atoms with E-state index >= 15 is 0 Å². The van der Waals surface area contributed by atoms with Crippen LogP contribution >= 0.6 is 0 Å². The van der Waals surface area contributed by atoms with Crippen LogP contribution in [0.15, 0.2) is 24.0 Å². The van der Waals surface area contributed by atoms with Gasteiger partial charge < -0.3 is 23.7 Å². The lowest BCUT2D eigenvalue weighted by Crippen LogP contribution is -2.41. The topological polar surface area (TPSA) is 66.5 Å². The molecular formula is C27H31NO6. The molecule has 34 heavy (non-hydrogen) atoms. The van der Waals surface area contributed by atoms with Gasteiger partial charge in [-0.15, -0.1) is 0 Å². The summed E-state index contributed by atoms with van der Waals surface area (Å²) in [7, 11) is 4.67. The first kappa shape index (κ1) is 22.6. The normalized spacial score (nSPS) is 19.3. The van der Waals surface area contributed by atoms with E-state index in [1.165, 1.54) is 32.1 Å². The molecule has 0 bridgehead atoms. The number of benzene rings is 2. The SMILES string of the molecule is COc1ccc(/C=C2\Oc3c(cc4c(c3C)OCN(C3CCCCC3)C4)C2=O)c(OC)c1OC. The minimum Gasteiger partial charge on any atom is -0.493 e. The maximum absolute atomic E-state index is 13.4. The summed E-state index contributed by atoms with van der Waals surface area (Å²) in [5.41, 5.74) is 3.16. The molecule has 2 aliphatic heterocycles. The number of Topliss-reactive ketones (excluding diaryl/α,β-unsaturated/α-hetero) is 1. The molecule has 7 nitrogen and oxygen atoms in total. The highest BCUT2D eigenvalue weighted by molar-refractivity contribution is 6.15. The largest absolute Gasteiger partial charge is 0.493 e. The van der Waals surface area contributed by atoms with Gasteiger partial charge in [-0.25, -0.2) is 0 Å². The van der Waals surface area contributed by atoms with Gasteiger partial charge in [0.2, 0.25) is 11.5 Å². The van der Waals surface area contributed by atoms with Crippen LogP contribution in [0.3, 0.4) is 0 Å². The summed E-state index contributed by atoms with van der Waals surface area (Å²) >= 11 is 0. The molecule has 2 heterocycles. The van der Waals surface area contributed by atoms with E-state index in [9.17, 15) is 4.79 Å². The molecule has 1 fully saturated rings. The first-order valence-corrected chi connectivity index (χ1v) is 11.8. The summed E-state index contributed by atoms with van der Waals surface area (Å²) in [4.78, 5) is 15.8. The number of ether oxygens (including phenoxy) is 5. The lowest BCUT2D eigenvalue weighted by atomic mass is 9.93. The Balaban J connectivity index is 1.47. The fourth-order valence-electron chi connectivity index (χ4n) is 5.33. The molecule has 0 saturated heterocycles. The van der Waals surface area contributed by atoms with Gasteiger partial charge in [-0.2, -0.15) is 0 Å². The summed E-state index contributed by atoms with van der Waals surface area (Å²) in [5.74, 6) is 2.99. The Hall–Kier alpha value is -3.19. The van der Waals surface area contributed by atoms with Gasteiger partial charge in [-0.1, -0.05) is 19.3 Å². The Morgan fingerprint density at radius 1 is 1.00 bits per heavy atom. The van der Waals surface area contributed by atoms with E-state index in [4.69, 9.17) is 23.7 Å². The van der Waals surface area contributed by atoms with Crippen LogP contribution in [0.25, 0.3) is 6.08 Å². The van der Waals surface area contributed by atoms with Crippen LogP contribution < -0.4 is 23.7 Å². The van der Waals surface area contributed by atoms with Crippen molar-refractivity contribution in [3.8, 4) is 28.7 Å². The van der Waals surface area contributed by atoms with Gasteiger partial charge in [0.05, 0.1) is 26.9 Å². The van der Waals surface area contributed by atoms with Gasteiger partial charge in [-0.05, 0) is 44.0 Å². The van der Waals surface area contributed by atoms with Gasteiger partial charge in [0.25, 0.3) is 0 Å². The molecule has 180 valence electrons. The molecule has 1 aliphatic carbocycles. The second-order valence-electron chi connectivity index (χ2n) is 9.04.